The van der Waals surface area contributed by atoms with Gasteiger partial charge >= 0.3 is 12.0 Å². The molecule has 1 fully saturated rings. The number of carbonyl (C=O) groups is 2. The summed E-state index contributed by atoms with van der Waals surface area (Å²) in [5, 5.41) is 14.3. The van der Waals surface area contributed by atoms with E-state index in [9.17, 15) is 9.59 Å². The molecule has 20 heavy (non-hydrogen) atoms. The third kappa shape index (κ3) is 7.36. The molecular weight excluding hydrogens is 256 g/mol. The van der Waals surface area contributed by atoms with Crippen LogP contribution in [0, 0.1) is 11.8 Å². The van der Waals surface area contributed by atoms with Gasteiger partial charge in [0.1, 0.15) is 0 Å². The van der Waals surface area contributed by atoms with Gasteiger partial charge in [0.15, 0.2) is 0 Å². The number of urea groups is 1. The average Bonchev–Trinajstić information content (AvgIpc) is 2.92. The van der Waals surface area contributed by atoms with E-state index in [1.165, 1.54) is 32.1 Å². The zero-order valence-electron chi connectivity index (χ0n) is 12.5. The molecule has 1 rings (SSSR count). The number of hydrogen-bond donors (Lipinski definition) is 3. The fourth-order valence-corrected chi connectivity index (χ4v) is 2.69. The molecule has 5 nitrogen and oxygen atoms in total. The van der Waals surface area contributed by atoms with Gasteiger partial charge in [-0.2, -0.15) is 0 Å². The van der Waals surface area contributed by atoms with E-state index in [4.69, 9.17) is 5.11 Å². The molecule has 0 aliphatic heterocycles. The summed E-state index contributed by atoms with van der Waals surface area (Å²) in [7, 11) is 0. The maximum absolute atomic E-state index is 11.5. The molecule has 116 valence electrons. The summed E-state index contributed by atoms with van der Waals surface area (Å²) in [5.74, 6) is -0.245. The van der Waals surface area contributed by atoms with Crippen molar-refractivity contribution in [2.45, 2.75) is 58.3 Å². The van der Waals surface area contributed by atoms with Gasteiger partial charge < -0.3 is 15.7 Å². The van der Waals surface area contributed by atoms with E-state index < -0.39 is 5.97 Å². The van der Waals surface area contributed by atoms with Gasteiger partial charge in [0, 0.05) is 13.1 Å². The maximum Gasteiger partial charge on any atom is 0.314 e. The van der Waals surface area contributed by atoms with Gasteiger partial charge in [0.2, 0.25) is 0 Å². The lowest BCUT2D eigenvalue weighted by Gasteiger charge is -2.10. The molecule has 0 aromatic heterocycles. The van der Waals surface area contributed by atoms with Gasteiger partial charge in [-0.25, -0.2) is 4.79 Å². The molecule has 0 bridgehead atoms. The first-order valence-corrected chi connectivity index (χ1v) is 7.84. The summed E-state index contributed by atoms with van der Waals surface area (Å²) in [5.41, 5.74) is 0. The van der Waals surface area contributed by atoms with Gasteiger partial charge in [0.05, 0.1) is 5.92 Å². The zero-order chi connectivity index (χ0) is 14.8. The minimum absolute atomic E-state index is 0.139. The smallest absolute Gasteiger partial charge is 0.314 e. The summed E-state index contributed by atoms with van der Waals surface area (Å²) in [4.78, 5) is 22.1. The molecule has 0 spiro atoms. The third-order valence-electron chi connectivity index (χ3n) is 4.07. The van der Waals surface area contributed by atoms with E-state index in [1.807, 2.05) is 0 Å². The minimum atomic E-state index is -0.777. The number of rotatable bonds is 9. The lowest BCUT2D eigenvalue weighted by molar-refractivity contribution is -0.141. The summed E-state index contributed by atoms with van der Waals surface area (Å²) < 4.78 is 0. The van der Waals surface area contributed by atoms with Gasteiger partial charge in [-0.1, -0.05) is 32.6 Å². The first-order chi connectivity index (χ1) is 9.59. The first kappa shape index (κ1) is 16.8. The Bertz CT molecular complexity index is 301. The van der Waals surface area contributed by atoms with Crippen LogP contribution in [0.3, 0.4) is 0 Å². The van der Waals surface area contributed by atoms with Crippen molar-refractivity contribution in [2.75, 3.05) is 13.1 Å². The lowest BCUT2D eigenvalue weighted by Crippen LogP contribution is -2.36. The highest BCUT2D eigenvalue weighted by atomic mass is 16.4. The first-order valence-electron chi connectivity index (χ1n) is 7.84. The normalized spacial score (nSPS) is 16.9. The molecule has 1 unspecified atom stereocenters. The summed E-state index contributed by atoms with van der Waals surface area (Å²) >= 11 is 0. The van der Waals surface area contributed by atoms with Gasteiger partial charge in [0.25, 0.3) is 0 Å². The Balaban J connectivity index is 1.91. The number of nitrogens with one attached hydrogen (secondary N) is 2. The van der Waals surface area contributed by atoms with Crippen LogP contribution in [0.25, 0.3) is 0 Å². The number of aliphatic carboxylic acids is 1. The van der Waals surface area contributed by atoms with Crippen LogP contribution in [0.4, 0.5) is 4.79 Å². The van der Waals surface area contributed by atoms with Crippen LogP contribution in [0.1, 0.15) is 58.3 Å². The van der Waals surface area contributed by atoms with Crippen molar-refractivity contribution in [3.8, 4) is 0 Å². The molecule has 0 heterocycles. The summed E-state index contributed by atoms with van der Waals surface area (Å²) in [6, 6.07) is -0.139. The Morgan fingerprint density at radius 1 is 1.15 bits per heavy atom. The Morgan fingerprint density at radius 2 is 1.75 bits per heavy atom. The van der Waals surface area contributed by atoms with Crippen molar-refractivity contribution in [1.82, 2.24) is 10.6 Å². The second-order valence-corrected chi connectivity index (χ2v) is 5.86. The van der Waals surface area contributed by atoms with E-state index >= 15 is 0 Å². The van der Waals surface area contributed by atoms with Crippen LogP contribution in [-0.4, -0.2) is 30.2 Å². The molecule has 0 radical (unpaired) electrons. The van der Waals surface area contributed by atoms with Crippen molar-refractivity contribution in [3.05, 3.63) is 0 Å². The third-order valence-corrected chi connectivity index (χ3v) is 4.07. The standard InChI is InChI=1S/C15H28N2O3/c1-12(14(18)19)6-4-10-16-15(20)17-11-5-9-13-7-2-3-8-13/h12-13H,2-11H2,1H3,(H,18,19)(H2,16,17,20). The minimum Gasteiger partial charge on any atom is -0.481 e. The predicted octanol–water partition coefficient (Wildman–Crippen LogP) is 2.76. The van der Waals surface area contributed by atoms with Crippen molar-refractivity contribution < 1.29 is 14.7 Å². The van der Waals surface area contributed by atoms with Crippen LogP contribution in [-0.2, 0) is 4.79 Å². The number of hydrogen-bond acceptors (Lipinski definition) is 2. The fourth-order valence-electron chi connectivity index (χ4n) is 2.69. The Morgan fingerprint density at radius 3 is 2.35 bits per heavy atom. The molecule has 2 amide bonds. The maximum atomic E-state index is 11.5. The predicted molar refractivity (Wildman–Crippen MR) is 78.6 cm³/mol. The van der Waals surface area contributed by atoms with E-state index in [1.54, 1.807) is 6.92 Å². The van der Waals surface area contributed by atoms with Crippen LogP contribution < -0.4 is 10.6 Å². The fraction of sp³-hybridized carbons (Fsp3) is 0.867. The van der Waals surface area contributed by atoms with E-state index in [0.29, 0.717) is 19.4 Å². The molecule has 1 aliphatic carbocycles. The van der Waals surface area contributed by atoms with Crippen molar-refractivity contribution >= 4 is 12.0 Å². The Kier molecular flexibility index (Phi) is 8.07. The van der Waals surface area contributed by atoms with Crippen LogP contribution >= 0.6 is 0 Å². The van der Waals surface area contributed by atoms with Crippen LogP contribution in [0.5, 0.6) is 0 Å². The monoisotopic (exact) mass is 284 g/mol. The van der Waals surface area contributed by atoms with E-state index in [-0.39, 0.29) is 11.9 Å². The van der Waals surface area contributed by atoms with Crippen molar-refractivity contribution in [3.63, 3.8) is 0 Å². The van der Waals surface area contributed by atoms with E-state index in [2.05, 4.69) is 10.6 Å². The molecule has 3 N–H and O–H groups in total. The Hall–Kier alpha value is -1.26. The van der Waals surface area contributed by atoms with E-state index in [0.717, 1.165) is 18.9 Å². The largest absolute Gasteiger partial charge is 0.481 e. The van der Waals surface area contributed by atoms with Crippen molar-refractivity contribution in [1.29, 1.82) is 0 Å². The molecule has 0 aromatic carbocycles. The molecule has 1 atom stereocenters. The number of carboxylic acids is 1. The molecule has 5 heteroatoms. The van der Waals surface area contributed by atoms with Crippen LogP contribution in [0.2, 0.25) is 0 Å². The highest BCUT2D eigenvalue weighted by Gasteiger charge is 2.14. The van der Waals surface area contributed by atoms with Crippen LogP contribution in [0.15, 0.2) is 0 Å². The van der Waals surface area contributed by atoms with Gasteiger partial charge in [-0.3, -0.25) is 4.79 Å². The number of carbonyl (C=O) groups excluding carboxylic acids is 1. The van der Waals surface area contributed by atoms with Gasteiger partial charge in [-0.15, -0.1) is 0 Å². The highest BCUT2D eigenvalue weighted by molar-refractivity contribution is 5.73. The Labute approximate surface area is 121 Å². The summed E-state index contributed by atoms with van der Waals surface area (Å²) in [6.07, 6.45) is 9.01. The zero-order valence-corrected chi connectivity index (χ0v) is 12.5. The second-order valence-electron chi connectivity index (χ2n) is 5.86. The quantitative estimate of drug-likeness (QED) is 0.570. The molecule has 0 aromatic rings. The number of amides is 2. The lowest BCUT2D eigenvalue weighted by atomic mass is 10.0. The number of carboxylic acid groups (broad SMARTS) is 1. The summed E-state index contributed by atoms with van der Waals surface area (Å²) in [6.45, 7) is 2.95. The SMILES string of the molecule is CC(CCCNC(=O)NCCCC1CCCC1)C(=O)O. The van der Waals surface area contributed by atoms with Crippen molar-refractivity contribution in [2.24, 2.45) is 11.8 Å². The molecule has 1 saturated carbocycles. The molecule has 0 saturated heterocycles. The molecule has 1 aliphatic rings. The average molecular weight is 284 g/mol. The highest BCUT2D eigenvalue weighted by Crippen LogP contribution is 2.28. The topological polar surface area (TPSA) is 78.4 Å². The molecular formula is C15H28N2O3. The van der Waals surface area contributed by atoms with Gasteiger partial charge in [-0.05, 0) is 31.6 Å². The second kappa shape index (κ2) is 9.61.